The molecule has 0 bridgehead atoms. The predicted octanol–water partition coefficient (Wildman–Crippen LogP) is 0.506. The zero-order valence-corrected chi connectivity index (χ0v) is 7.82. The van der Waals surface area contributed by atoms with Crippen molar-refractivity contribution in [1.29, 1.82) is 0 Å². The van der Waals surface area contributed by atoms with E-state index in [0.29, 0.717) is 18.1 Å². The molecule has 3 N–H and O–H groups in total. The van der Waals surface area contributed by atoms with Gasteiger partial charge in [0.15, 0.2) is 5.82 Å². The lowest BCUT2D eigenvalue weighted by atomic mass is 10.3. The van der Waals surface area contributed by atoms with Gasteiger partial charge in [-0.1, -0.05) is 0 Å². The molecule has 0 fully saturated rings. The Labute approximate surface area is 77.3 Å². The Morgan fingerprint density at radius 3 is 3.08 bits per heavy atom. The standard InChI is InChI=1S/C8H14N4O/c1-6(4-13-2)12-8-7(9)3-10-5-11-8/h3,5-6H,4,9H2,1-2H3,(H,10,11,12). The van der Waals surface area contributed by atoms with Gasteiger partial charge in [0.25, 0.3) is 0 Å². The summed E-state index contributed by atoms with van der Waals surface area (Å²) >= 11 is 0. The number of aromatic nitrogens is 2. The summed E-state index contributed by atoms with van der Waals surface area (Å²) < 4.78 is 4.97. The van der Waals surface area contributed by atoms with E-state index >= 15 is 0 Å². The second-order valence-corrected chi connectivity index (χ2v) is 2.83. The van der Waals surface area contributed by atoms with Gasteiger partial charge >= 0.3 is 0 Å². The summed E-state index contributed by atoms with van der Waals surface area (Å²) in [6.45, 7) is 2.61. The fourth-order valence-electron chi connectivity index (χ4n) is 0.986. The van der Waals surface area contributed by atoms with Gasteiger partial charge in [0.2, 0.25) is 0 Å². The van der Waals surface area contributed by atoms with Crippen LogP contribution in [-0.2, 0) is 4.74 Å². The van der Waals surface area contributed by atoms with Crippen molar-refractivity contribution >= 4 is 11.5 Å². The van der Waals surface area contributed by atoms with E-state index in [9.17, 15) is 0 Å². The van der Waals surface area contributed by atoms with Crippen LogP contribution in [0.25, 0.3) is 0 Å². The van der Waals surface area contributed by atoms with E-state index in [2.05, 4.69) is 15.3 Å². The molecule has 1 aromatic heterocycles. The summed E-state index contributed by atoms with van der Waals surface area (Å²) in [5, 5.41) is 3.11. The Morgan fingerprint density at radius 1 is 1.69 bits per heavy atom. The minimum Gasteiger partial charge on any atom is -0.394 e. The number of nitrogens with zero attached hydrogens (tertiary/aromatic N) is 2. The molecule has 0 spiro atoms. The predicted molar refractivity (Wildman–Crippen MR) is 51.4 cm³/mol. The van der Waals surface area contributed by atoms with Crippen LogP contribution < -0.4 is 11.1 Å². The van der Waals surface area contributed by atoms with Crippen LogP contribution in [0.1, 0.15) is 6.92 Å². The van der Waals surface area contributed by atoms with E-state index in [-0.39, 0.29) is 6.04 Å². The van der Waals surface area contributed by atoms with Gasteiger partial charge in [0.1, 0.15) is 6.33 Å². The zero-order valence-electron chi connectivity index (χ0n) is 7.82. The lowest BCUT2D eigenvalue weighted by Gasteiger charge is -2.13. The largest absolute Gasteiger partial charge is 0.394 e. The van der Waals surface area contributed by atoms with Gasteiger partial charge in [-0.3, -0.25) is 0 Å². The van der Waals surface area contributed by atoms with Gasteiger partial charge in [-0.15, -0.1) is 0 Å². The molecule has 1 unspecified atom stereocenters. The van der Waals surface area contributed by atoms with Crippen molar-refractivity contribution in [2.45, 2.75) is 13.0 Å². The van der Waals surface area contributed by atoms with E-state index < -0.39 is 0 Å². The van der Waals surface area contributed by atoms with E-state index in [0.717, 1.165) is 0 Å². The van der Waals surface area contributed by atoms with Crippen LogP contribution in [0.2, 0.25) is 0 Å². The van der Waals surface area contributed by atoms with Crippen molar-refractivity contribution in [3.05, 3.63) is 12.5 Å². The summed E-state index contributed by atoms with van der Waals surface area (Å²) in [5.74, 6) is 0.652. The number of ether oxygens (including phenoxy) is 1. The van der Waals surface area contributed by atoms with Crippen LogP contribution in [0, 0.1) is 0 Å². The zero-order chi connectivity index (χ0) is 9.68. The van der Waals surface area contributed by atoms with Crippen molar-refractivity contribution in [2.24, 2.45) is 0 Å². The third-order valence-corrected chi connectivity index (χ3v) is 1.54. The highest BCUT2D eigenvalue weighted by molar-refractivity contribution is 5.59. The maximum Gasteiger partial charge on any atom is 0.152 e. The number of nitrogens with one attached hydrogen (secondary N) is 1. The summed E-state index contributed by atoms with van der Waals surface area (Å²) in [6, 6.07) is 0.183. The van der Waals surface area contributed by atoms with Gasteiger partial charge in [0.05, 0.1) is 18.5 Å². The van der Waals surface area contributed by atoms with E-state index in [1.807, 2.05) is 6.92 Å². The first-order valence-corrected chi connectivity index (χ1v) is 4.05. The smallest absolute Gasteiger partial charge is 0.152 e. The number of methoxy groups -OCH3 is 1. The average molecular weight is 182 g/mol. The Morgan fingerprint density at radius 2 is 2.46 bits per heavy atom. The number of rotatable bonds is 4. The Hall–Kier alpha value is -1.36. The van der Waals surface area contributed by atoms with Crippen molar-refractivity contribution < 1.29 is 4.74 Å². The van der Waals surface area contributed by atoms with Crippen molar-refractivity contribution in [3.8, 4) is 0 Å². The SMILES string of the molecule is COCC(C)Nc1ncncc1N. The van der Waals surface area contributed by atoms with Crippen LogP contribution in [-0.4, -0.2) is 29.7 Å². The first kappa shape index (κ1) is 9.73. The Bertz CT molecular complexity index is 266. The van der Waals surface area contributed by atoms with Crippen molar-refractivity contribution in [2.75, 3.05) is 24.8 Å². The number of hydrogen-bond donors (Lipinski definition) is 2. The molecule has 5 heteroatoms. The number of nitrogens with two attached hydrogens (primary N) is 1. The molecule has 0 amide bonds. The Balaban J connectivity index is 2.58. The molecule has 1 atom stereocenters. The molecule has 1 rings (SSSR count). The molecule has 0 aliphatic carbocycles. The molecule has 0 aliphatic heterocycles. The van der Waals surface area contributed by atoms with E-state index in [1.54, 1.807) is 13.3 Å². The van der Waals surface area contributed by atoms with Crippen LogP contribution in [0.4, 0.5) is 11.5 Å². The highest BCUT2D eigenvalue weighted by Crippen LogP contribution is 2.12. The molecule has 0 saturated carbocycles. The maximum absolute atomic E-state index is 5.64. The lowest BCUT2D eigenvalue weighted by Crippen LogP contribution is -2.22. The highest BCUT2D eigenvalue weighted by Gasteiger charge is 2.04. The van der Waals surface area contributed by atoms with Crippen molar-refractivity contribution in [3.63, 3.8) is 0 Å². The average Bonchev–Trinajstić information content (AvgIpc) is 2.09. The molecule has 1 heterocycles. The molecule has 72 valence electrons. The van der Waals surface area contributed by atoms with Crippen LogP contribution >= 0.6 is 0 Å². The van der Waals surface area contributed by atoms with Gasteiger partial charge in [0, 0.05) is 13.2 Å². The monoisotopic (exact) mass is 182 g/mol. The number of nitrogen functional groups attached to an aromatic ring is 1. The fourth-order valence-corrected chi connectivity index (χ4v) is 0.986. The third-order valence-electron chi connectivity index (χ3n) is 1.54. The highest BCUT2D eigenvalue weighted by atomic mass is 16.5. The Kier molecular flexibility index (Phi) is 3.45. The molecule has 0 aromatic carbocycles. The first-order chi connectivity index (χ1) is 6.24. The molecule has 0 radical (unpaired) electrons. The summed E-state index contributed by atoms with van der Waals surface area (Å²) in [7, 11) is 1.65. The van der Waals surface area contributed by atoms with E-state index in [4.69, 9.17) is 10.5 Å². The topological polar surface area (TPSA) is 73.1 Å². The lowest BCUT2D eigenvalue weighted by molar-refractivity contribution is 0.190. The van der Waals surface area contributed by atoms with E-state index in [1.165, 1.54) is 6.33 Å². The summed E-state index contributed by atoms with van der Waals surface area (Å²) in [5.41, 5.74) is 6.18. The molecular formula is C8H14N4O. The van der Waals surface area contributed by atoms with Crippen LogP contribution in [0.15, 0.2) is 12.5 Å². The number of anilines is 2. The second kappa shape index (κ2) is 4.61. The quantitative estimate of drug-likeness (QED) is 0.709. The van der Waals surface area contributed by atoms with Crippen LogP contribution in [0.3, 0.4) is 0 Å². The van der Waals surface area contributed by atoms with Gasteiger partial charge in [-0.2, -0.15) is 0 Å². The molecule has 0 aliphatic rings. The summed E-state index contributed by atoms with van der Waals surface area (Å²) in [6.07, 6.45) is 3.02. The molecule has 1 aromatic rings. The first-order valence-electron chi connectivity index (χ1n) is 4.05. The second-order valence-electron chi connectivity index (χ2n) is 2.83. The third kappa shape index (κ3) is 2.87. The molecule has 0 saturated heterocycles. The molecular weight excluding hydrogens is 168 g/mol. The van der Waals surface area contributed by atoms with Gasteiger partial charge in [-0.05, 0) is 6.92 Å². The normalized spacial score (nSPS) is 12.5. The van der Waals surface area contributed by atoms with Gasteiger partial charge in [-0.25, -0.2) is 9.97 Å². The maximum atomic E-state index is 5.64. The molecule has 13 heavy (non-hydrogen) atoms. The number of hydrogen-bond acceptors (Lipinski definition) is 5. The molecule has 5 nitrogen and oxygen atoms in total. The van der Waals surface area contributed by atoms with Gasteiger partial charge < -0.3 is 15.8 Å². The van der Waals surface area contributed by atoms with Crippen LogP contribution in [0.5, 0.6) is 0 Å². The minimum atomic E-state index is 0.183. The fraction of sp³-hybridized carbons (Fsp3) is 0.500. The van der Waals surface area contributed by atoms with Crippen molar-refractivity contribution in [1.82, 2.24) is 9.97 Å². The summed E-state index contributed by atoms with van der Waals surface area (Å²) in [4.78, 5) is 7.79. The minimum absolute atomic E-state index is 0.183.